The van der Waals surface area contributed by atoms with Crippen LogP contribution in [0.5, 0.6) is 0 Å². The van der Waals surface area contributed by atoms with Crippen LogP contribution in [0, 0.1) is 0 Å². The lowest BCUT2D eigenvalue weighted by Crippen LogP contribution is -2.47. The molecule has 0 radical (unpaired) electrons. The summed E-state index contributed by atoms with van der Waals surface area (Å²) in [4.78, 5) is 28.6. The van der Waals surface area contributed by atoms with Crippen LogP contribution in [0.15, 0.2) is 52.5 Å². The van der Waals surface area contributed by atoms with Crippen molar-refractivity contribution in [2.45, 2.75) is 57.5 Å². The minimum absolute atomic E-state index is 0.110. The van der Waals surface area contributed by atoms with Gasteiger partial charge < -0.3 is 9.73 Å². The predicted octanol–water partition coefficient (Wildman–Crippen LogP) is 4.53. The van der Waals surface area contributed by atoms with Crippen molar-refractivity contribution in [1.82, 2.24) is 14.9 Å². The van der Waals surface area contributed by atoms with E-state index in [4.69, 9.17) is 4.42 Å². The van der Waals surface area contributed by atoms with Crippen LogP contribution in [0.2, 0.25) is 0 Å². The summed E-state index contributed by atoms with van der Waals surface area (Å²) in [5.74, 6) is -0.228. The number of anilines is 1. The first-order chi connectivity index (χ1) is 15.2. The number of aryl methyl sites for hydroxylation is 1. The van der Waals surface area contributed by atoms with Gasteiger partial charge >= 0.3 is 0 Å². The van der Waals surface area contributed by atoms with Crippen LogP contribution in [-0.4, -0.2) is 27.4 Å². The summed E-state index contributed by atoms with van der Waals surface area (Å²) in [7, 11) is 0. The number of hydrogen-bond donors (Lipinski definition) is 1. The highest BCUT2D eigenvalue weighted by Crippen LogP contribution is 2.31. The number of rotatable bonds is 7. The number of aromatic nitrogens is 2. The number of furan rings is 1. The van der Waals surface area contributed by atoms with Crippen LogP contribution < -0.4 is 10.2 Å². The zero-order valence-electron chi connectivity index (χ0n) is 17.5. The third-order valence-corrected chi connectivity index (χ3v) is 6.17. The Balaban J connectivity index is 1.75. The highest BCUT2D eigenvalue weighted by atomic mass is 32.1. The molecule has 31 heavy (non-hydrogen) atoms. The van der Waals surface area contributed by atoms with Crippen molar-refractivity contribution in [3.63, 3.8) is 0 Å². The molecule has 7 nitrogen and oxygen atoms in total. The van der Waals surface area contributed by atoms with E-state index in [0.717, 1.165) is 49.2 Å². The zero-order valence-corrected chi connectivity index (χ0v) is 18.3. The van der Waals surface area contributed by atoms with Gasteiger partial charge in [0.15, 0.2) is 11.7 Å². The number of amides is 2. The summed E-state index contributed by atoms with van der Waals surface area (Å²) in [6.07, 6.45) is 7.63. The number of nitrogens with zero attached hydrogens (tertiary/aromatic N) is 3. The minimum atomic E-state index is -0.946. The number of carbonyl (C=O) groups excluding carboxylic acids is 2. The largest absolute Gasteiger partial charge is 0.467 e. The molecule has 1 aromatic carbocycles. The highest BCUT2D eigenvalue weighted by Gasteiger charge is 2.37. The van der Waals surface area contributed by atoms with Gasteiger partial charge in [-0.05, 0) is 60.6 Å². The topological polar surface area (TPSA) is 88.3 Å². The molecule has 1 saturated carbocycles. The van der Waals surface area contributed by atoms with Crippen LogP contribution in [-0.2, 0) is 11.2 Å². The van der Waals surface area contributed by atoms with Crippen molar-refractivity contribution in [2.24, 2.45) is 0 Å². The minimum Gasteiger partial charge on any atom is -0.467 e. The van der Waals surface area contributed by atoms with Gasteiger partial charge in [0.05, 0.1) is 6.26 Å². The molecule has 0 saturated heterocycles. The van der Waals surface area contributed by atoms with Gasteiger partial charge in [0.1, 0.15) is 5.76 Å². The summed E-state index contributed by atoms with van der Waals surface area (Å²) in [5, 5.41) is 8.71. The second-order valence-corrected chi connectivity index (χ2v) is 8.36. The Kier molecular flexibility index (Phi) is 6.76. The Bertz CT molecular complexity index is 998. The third-order valence-electron chi connectivity index (χ3n) is 5.67. The molecule has 8 heteroatoms. The SMILES string of the molecule is CCc1cccc(N(C(=O)c2csnn2)C(C(=O)NC2CCCCC2)c2ccco2)c1. The number of benzene rings is 1. The van der Waals surface area contributed by atoms with E-state index >= 15 is 0 Å². The first-order valence-electron chi connectivity index (χ1n) is 10.7. The Labute approximate surface area is 185 Å². The summed E-state index contributed by atoms with van der Waals surface area (Å²) in [5.41, 5.74) is 1.89. The second-order valence-electron chi connectivity index (χ2n) is 7.75. The van der Waals surface area contributed by atoms with Gasteiger partial charge in [-0.15, -0.1) is 5.10 Å². The van der Waals surface area contributed by atoms with Crippen molar-refractivity contribution in [2.75, 3.05) is 4.90 Å². The standard InChI is InChI=1S/C23H26N4O3S/c1-2-16-8-6-11-18(14-16)27(23(29)19-15-31-26-25-19)21(20-12-7-13-30-20)22(28)24-17-9-4-3-5-10-17/h6-8,11-15,17,21H,2-5,9-10H2,1H3,(H,24,28). The van der Waals surface area contributed by atoms with Crippen LogP contribution in [0.25, 0.3) is 0 Å². The fraction of sp³-hybridized carbons (Fsp3) is 0.391. The van der Waals surface area contributed by atoms with Crippen LogP contribution in [0.1, 0.15) is 66.9 Å². The summed E-state index contributed by atoms with van der Waals surface area (Å²) < 4.78 is 9.48. The molecule has 2 aromatic heterocycles. The van der Waals surface area contributed by atoms with Crippen LogP contribution in [0.4, 0.5) is 5.69 Å². The van der Waals surface area contributed by atoms with Crippen molar-refractivity contribution in [3.8, 4) is 0 Å². The van der Waals surface area contributed by atoms with Gasteiger partial charge in [-0.25, -0.2) is 0 Å². The lowest BCUT2D eigenvalue weighted by Gasteiger charge is -2.31. The Hall–Kier alpha value is -3.00. The average Bonchev–Trinajstić information content (AvgIpc) is 3.52. The molecule has 4 rings (SSSR count). The fourth-order valence-electron chi connectivity index (χ4n) is 4.04. The number of nitrogens with one attached hydrogen (secondary N) is 1. The molecule has 0 bridgehead atoms. The quantitative estimate of drug-likeness (QED) is 0.585. The van der Waals surface area contributed by atoms with E-state index in [1.165, 1.54) is 17.6 Å². The lowest BCUT2D eigenvalue weighted by atomic mass is 9.95. The van der Waals surface area contributed by atoms with E-state index in [-0.39, 0.29) is 23.6 Å². The zero-order chi connectivity index (χ0) is 21.6. The van der Waals surface area contributed by atoms with Crippen LogP contribution in [0.3, 0.4) is 0 Å². The normalized spacial score (nSPS) is 15.4. The Morgan fingerprint density at radius 2 is 2.06 bits per heavy atom. The molecular formula is C23H26N4O3S. The maximum Gasteiger partial charge on any atom is 0.280 e. The van der Waals surface area contributed by atoms with Gasteiger partial charge in [0, 0.05) is 17.1 Å². The smallest absolute Gasteiger partial charge is 0.280 e. The van der Waals surface area contributed by atoms with Gasteiger partial charge in [-0.3, -0.25) is 14.5 Å². The van der Waals surface area contributed by atoms with E-state index in [1.54, 1.807) is 17.5 Å². The van der Waals surface area contributed by atoms with E-state index in [1.807, 2.05) is 24.3 Å². The Morgan fingerprint density at radius 3 is 2.74 bits per heavy atom. The summed E-state index contributed by atoms with van der Waals surface area (Å²) >= 11 is 1.10. The maximum atomic E-state index is 13.6. The van der Waals surface area contributed by atoms with Crippen molar-refractivity contribution in [3.05, 3.63) is 65.1 Å². The molecule has 0 aliphatic heterocycles. The summed E-state index contributed by atoms with van der Waals surface area (Å²) in [6.45, 7) is 2.05. The molecule has 1 aliphatic carbocycles. The van der Waals surface area contributed by atoms with Gasteiger partial charge in [-0.2, -0.15) is 0 Å². The molecule has 2 heterocycles. The predicted molar refractivity (Wildman–Crippen MR) is 119 cm³/mol. The monoisotopic (exact) mass is 438 g/mol. The van der Waals surface area contributed by atoms with E-state index in [0.29, 0.717) is 11.4 Å². The molecule has 3 aromatic rings. The second kappa shape index (κ2) is 9.87. The summed E-state index contributed by atoms with van der Waals surface area (Å²) in [6, 6.07) is 10.3. The molecule has 1 atom stereocenters. The van der Waals surface area contributed by atoms with E-state index < -0.39 is 6.04 Å². The Morgan fingerprint density at radius 1 is 1.23 bits per heavy atom. The fourth-order valence-corrected chi connectivity index (χ4v) is 4.47. The molecule has 1 unspecified atom stereocenters. The molecule has 0 spiro atoms. The average molecular weight is 439 g/mol. The van der Waals surface area contributed by atoms with Crippen LogP contribution >= 0.6 is 11.5 Å². The van der Waals surface area contributed by atoms with E-state index in [2.05, 4.69) is 21.8 Å². The van der Waals surface area contributed by atoms with Gasteiger partial charge in [0.25, 0.3) is 11.8 Å². The molecule has 2 amide bonds. The molecular weight excluding hydrogens is 412 g/mol. The maximum absolute atomic E-state index is 13.6. The molecule has 162 valence electrons. The third kappa shape index (κ3) is 4.85. The highest BCUT2D eigenvalue weighted by molar-refractivity contribution is 7.03. The molecule has 1 N–H and O–H groups in total. The number of hydrogen-bond acceptors (Lipinski definition) is 6. The van der Waals surface area contributed by atoms with Gasteiger partial charge in [0.2, 0.25) is 0 Å². The van der Waals surface area contributed by atoms with E-state index in [9.17, 15) is 9.59 Å². The first-order valence-corrected chi connectivity index (χ1v) is 11.5. The van der Waals surface area contributed by atoms with Crippen molar-refractivity contribution >= 4 is 29.0 Å². The first kappa shape index (κ1) is 21.2. The molecule has 1 fully saturated rings. The van der Waals surface area contributed by atoms with Crippen molar-refractivity contribution in [1.29, 1.82) is 0 Å². The van der Waals surface area contributed by atoms with Crippen molar-refractivity contribution < 1.29 is 14.0 Å². The molecule has 1 aliphatic rings. The number of carbonyl (C=O) groups is 2. The lowest BCUT2D eigenvalue weighted by molar-refractivity contribution is -0.123. The van der Waals surface area contributed by atoms with Gasteiger partial charge in [-0.1, -0.05) is 42.8 Å².